The molecule has 2 aliphatic carbocycles. The minimum Gasteiger partial charge on any atom is -0.118 e. The molecular weight excluding hydrogens is 488 g/mol. The number of hydrogen-bond donors (Lipinski definition) is 0. The molecule has 1 aliphatic heterocycles. The van der Waals surface area contributed by atoms with Gasteiger partial charge in [-0.3, -0.25) is 0 Å². The van der Waals surface area contributed by atoms with Crippen LogP contribution in [-0.2, 0) is 0 Å². The summed E-state index contributed by atoms with van der Waals surface area (Å²) in [6.45, 7) is 12.1. The van der Waals surface area contributed by atoms with Crippen molar-refractivity contribution < 1.29 is 0 Å². The molecule has 0 spiro atoms. The first-order chi connectivity index (χ1) is 15.3. The summed E-state index contributed by atoms with van der Waals surface area (Å²) in [5.74, 6) is 0. The molecule has 0 fully saturated rings. The molecule has 1 atom stereocenters. The van der Waals surface area contributed by atoms with Crippen LogP contribution in [0.3, 0.4) is 0 Å². The average Bonchev–Trinajstić information content (AvgIpc) is 3.38. The van der Waals surface area contributed by atoms with Gasteiger partial charge in [0.05, 0.1) is 8.07 Å². The van der Waals surface area contributed by atoms with Crippen LogP contribution in [0.5, 0.6) is 0 Å². The first kappa shape index (κ1) is 20.8. The van der Waals surface area contributed by atoms with E-state index in [2.05, 4.69) is 110 Å². The Balaban J connectivity index is 1.65. The summed E-state index contributed by atoms with van der Waals surface area (Å²) >= 11 is 6.05. The number of fused-ring (bicyclic) bond motifs is 5. The highest BCUT2D eigenvalue weighted by atomic mass is 79.9. The lowest BCUT2D eigenvalue weighted by Gasteiger charge is -2.34. The van der Waals surface area contributed by atoms with Crippen LogP contribution < -0.4 is 10.4 Å². The lowest BCUT2D eigenvalue weighted by atomic mass is 10.1. The number of allylic oxidation sites excluding steroid dienone is 1. The Morgan fingerprint density at radius 1 is 0.906 bits per heavy atom. The average molecular weight is 516 g/mol. The largest absolute Gasteiger partial charge is 0.118 e. The second-order valence-corrected chi connectivity index (χ2v) is 16.7. The molecule has 3 aromatic carbocycles. The van der Waals surface area contributed by atoms with Crippen molar-refractivity contribution in [3.63, 3.8) is 0 Å². The minimum atomic E-state index is -1.93. The molecule has 160 valence electrons. The molecule has 1 unspecified atom stereocenters. The molecule has 0 nitrogen and oxygen atoms in total. The van der Waals surface area contributed by atoms with Crippen LogP contribution in [0.1, 0.15) is 43.0 Å². The zero-order valence-electron chi connectivity index (χ0n) is 19.2. The number of hydrogen-bond acceptors (Lipinski definition) is 1. The summed E-state index contributed by atoms with van der Waals surface area (Å²) in [6.07, 6.45) is 2.44. The van der Waals surface area contributed by atoms with Gasteiger partial charge < -0.3 is 0 Å². The number of thioether (sulfide) groups is 1. The van der Waals surface area contributed by atoms with Gasteiger partial charge in [0.1, 0.15) is 0 Å². The van der Waals surface area contributed by atoms with Gasteiger partial charge in [-0.25, -0.2) is 0 Å². The number of halogens is 1. The molecule has 0 saturated heterocycles. The van der Waals surface area contributed by atoms with E-state index in [1.165, 1.54) is 58.8 Å². The van der Waals surface area contributed by atoms with Gasteiger partial charge in [0.15, 0.2) is 0 Å². The fourth-order valence-electron chi connectivity index (χ4n) is 6.37. The molecule has 3 aliphatic rings. The van der Waals surface area contributed by atoms with Crippen LogP contribution in [0.25, 0.3) is 28.0 Å². The van der Waals surface area contributed by atoms with Crippen LogP contribution >= 0.6 is 27.7 Å². The summed E-state index contributed by atoms with van der Waals surface area (Å²) in [7, 11) is -1.93. The topological polar surface area (TPSA) is 0 Å². The molecule has 1 heterocycles. The Kier molecular flexibility index (Phi) is 4.60. The van der Waals surface area contributed by atoms with E-state index in [-0.39, 0.29) is 0 Å². The van der Waals surface area contributed by atoms with E-state index >= 15 is 0 Å². The summed E-state index contributed by atoms with van der Waals surface area (Å²) < 4.78 is 1.30. The maximum Gasteiger partial charge on any atom is 0.0939 e. The van der Waals surface area contributed by atoms with Gasteiger partial charge in [-0.1, -0.05) is 78.8 Å². The molecular formula is C29H27BrSSi. The van der Waals surface area contributed by atoms with Crippen molar-refractivity contribution in [2.75, 3.05) is 0 Å². The third kappa shape index (κ3) is 2.68. The normalized spacial score (nSPS) is 19.1. The Morgan fingerprint density at radius 3 is 2.12 bits per heavy atom. The fourth-order valence-corrected chi connectivity index (χ4v) is 12.9. The number of rotatable bonds is 2. The standard InChI is InChI=1S/C29H27BrSSi/c1-16-14-23-24(15-25-26(27(23)30)17(2)18(3)31-25)28(16)32(4,5)29-21-12-8-6-10-19(21)20-11-7-9-13-22(20)29/h6-15,18,29H,1-5H3. The van der Waals surface area contributed by atoms with Crippen molar-refractivity contribution in [2.24, 2.45) is 0 Å². The van der Waals surface area contributed by atoms with Gasteiger partial charge in [-0.2, -0.15) is 0 Å². The maximum atomic E-state index is 4.03. The summed E-state index contributed by atoms with van der Waals surface area (Å²) in [5.41, 5.74) is 10.7. The van der Waals surface area contributed by atoms with Gasteiger partial charge in [0, 0.05) is 25.4 Å². The zero-order valence-corrected chi connectivity index (χ0v) is 22.6. The van der Waals surface area contributed by atoms with E-state index in [1.54, 1.807) is 5.20 Å². The van der Waals surface area contributed by atoms with Crippen molar-refractivity contribution >= 4 is 52.6 Å². The van der Waals surface area contributed by atoms with Gasteiger partial charge in [0.25, 0.3) is 0 Å². The molecule has 6 rings (SSSR count). The number of benzene rings is 3. The molecule has 0 saturated carbocycles. The Bertz CT molecular complexity index is 1430. The van der Waals surface area contributed by atoms with Crippen LogP contribution in [0.4, 0.5) is 0 Å². The van der Waals surface area contributed by atoms with Crippen molar-refractivity contribution in [2.45, 2.75) is 49.6 Å². The molecule has 0 bridgehead atoms. The predicted octanol–water partition coefficient (Wildman–Crippen LogP) is 7.28. The molecule has 3 aromatic rings. The molecule has 0 radical (unpaired) electrons. The third-order valence-corrected chi connectivity index (χ3v) is 13.9. The summed E-state index contributed by atoms with van der Waals surface area (Å²) in [6, 6.07) is 20.7. The van der Waals surface area contributed by atoms with Gasteiger partial charge in [-0.15, -0.1) is 11.8 Å². The second-order valence-electron chi connectivity index (χ2n) is 10.00. The summed E-state index contributed by atoms with van der Waals surface area (Å²) in [5, 5.41) is 5.09. The van der Waals surface area contributed by atoms with Crippen molar-refractivity contribution in [3.05, 3.63) is 91.8 Å². The van der Waals surface area contributed by atoms with Gasteiger partial charge in [-0.05, 0) is 81.0 Å². The molecule has 0 aromatic heterocycles. The fraction of sp³-hybridized carbons (Fsp3) is 0.241. The molecule has 3 heteroatoms. The maximum absolute atomic E-state index is 4.03. The Hall–Kier alpha value is -1.81. The molecule has 0 N–H and O–H groups in total. The van der Waals surface area contributed by atoms with Crippen LogP contribution in [0, 0.1) is 0 Å². The van der Waals surface area contributed by atoms with E-state index in [9.17, 15) is 0 Å². The predicted molar refractivity (Wildman–Crippen MR) is 146 cm³/mol. The lowest BCUT2D eigenvalue weighted by molar-refractivity contribution is 1.13. The van der Waals surface area contributed by atoms with Gasteiger partial charge in [0.2, 0.25) is 0 Å². The van der Waals surface area contributed by atoms with E-state index in [4.69, 9.17) is 0 Å². The smallest absolute Gasteiger partial charge is 0.0939 e. The van der Waals surface area contributed by atoms with E-state index < -0.39 is 8.07 Å². The van der Waals surface area contributed by atoms with Gasteiger partial charge >= 0.3 is 0 Å². The van der Waals surface area contributed by atoms with E-state index in [0.29, 0.717) is 10.8 Å². The zero-order chi connectivity index (χ0) is 22.4. The van der Waals surface area contributed by atoms with E-state index in [1.807, 2.05) is 11.8 Å². The highest BCUT2D eigenvalue weighted by molar-refractivity contribution is 9.10. The Morgan fingerprint density at radius 2 is 1.50 bits per heavy atom. The Labute approximate surface area is 204 Å². The van der Waals surface area contributed by atoms with Crippen LogP contribution in [0.15, 0.2) is 69.5 Å². The first-order valence-corrected chi connectivity index (χ1v) is 16.2. The highest BCUT2D eigenvalue weighted by Crippen LogP contribution is 2.52. The molecule has 0 amide bonds. The monoisotopic (exact) mass is 514 g/mol. The highest BCUT2D eigenvalue weighted by Gasteiger charge is 2.44. The second kappa shape index (κ2) is 7.09. The van der Waals surface area contributed by atoms with Crippen molar-refractivity contribution in [1.82, 2.24) is 0 Å². The van der Waals surface area contributed by atoms with Crippen LogP contribution in [0.2, 0.25) is 13.1 Å². The third-order valence-electron chi connectivity index (χ3n) is 7.80. The quantitative estimate of drug-likeness (QED) is 0.323. The minimum absolute atomic E-state index is 0.478. The van der Waals surface area contributed by atoms with E-state index in [0.717, 1.165) is 0 Å². The van der Waals surface area contributed by atoms with Crippen molar-refractivity contribution in [1.29, 1.82) is 0 Å². The SMILES string of the molecule is CC1=Cc2c(Br)c3c(cc2=C1[Si](C)(C)C1c2ccccc2-c2ccccc21)SC(C)C=3C. The molecule has 32 heavy (non-hydrogen) atoms. The van der Waals surface area contributed by atoms with Crippen molar-refractivity contribution in [3.8, 4) is 11.1 Å². The summed E-state index contributed by atoms with van der Waals surface area (Å²) in [4.78, 5) is 1.44. The first-order valence-electron chi connectivity index (χ1n) is 11.4. The van der Waals surface area contributed by atoms with Crippen LogP contribution in [-0.4, -0.2) is 13.3 Å². The lowest BCUT2D eigenvalue weighted by Crippen LogP contribution is -2.40.